The Morgan fingerprint density at radius 2 is 1.87 bits per heavy atom. The van der Waals surface area contributed by atoms with Crippen LogP contribution in [-0.2, 0) is 22.3 Å². The molecular weight excluding hydrogens is 311 g/mol. The highest BCUT2D eigenvalue weighted by Gasteiger charge is 2.31. The van der Waals surface area contributed by atoms with Crippen LogP contribution < -0.4 is 0 Å². The zero-order valence-corrected chi connectivity index (χ0v) is 12.8. The number of hydrogen-bond acceptors (Lipinski definition) is 4. The van der Waals surface area contributed by atoms with Crippen molar-refractivity contribution in [1.82, 2.24) is 4.90 Å². The average molecular weight is 331 g/mol. The number of benzene rings is 1. The summed E-state index contributed by atoms with van der Waals surface area (Å²) < 4.78 is 42.1. The van der Waals surface area contributed by atoms with Crippen LogP contribution in [0.25, 0.3) is 0 Å². The predicted molar refractivity (Wildman–Crippen MR) is 77.5 cm³/mol. The Morgan fingerprint density at radius 3 is 2.35 bits per heavy atom. The van der Waals surface area contributed by atoms with Crippen LogP contribution >= 0.6 is 0 Å². The number of rotatable bonds is 4. The van der Waals surface area contributed by atoms with Gasteiger partial charge in [0.15, 0.2) is 6.10 Å². The monoisotopic (exact) mass is 331 g/mol. The molecule has 0 amide bonds. The van der Waals surface area contributed by atoms with Gasteiger partial charge in [-0.2, -0.15) is 13.2 Å². The van der Waals surface area contributed by atoms with Crippen molar-refractivity contribution in [2.75, 3.05) is 20.2 Å². The van der Waals surface area contributed by atoms with Gasteiger partial charge in [0.1, 0.15) is 0 Å². The lowest BCUT2D eigenvalue weighted by Crippen LogP contribution is -2.40. The number of hydrogen-bond donors (Lipinski definition) is 1. The topological polar surface area (TPSA) is 49.8 Å². The number of nitrogens with zero attached hydrogens (tertiary/aromatic N) is 1. The van der Waals surface area contributed by atoms with Gasteiger partial charge >= 0.3 is 12.1 Å². The first-order valence-corrected chi connectivity index (χ1v) is 7.45. The molecule has 1 heterocycles. The van der Waals surface area contributed by atoms with Gasteiger partial charge in [-0.3, -0.25) is 4.90 Å². The molecule has 1 aromatic carbocycles. The summed E-state index contributed by atoms with van der Waals surface area (Å²) in [4.78, 5) is 13.4. The molecule has 4 nitrogen and oxygen atoms in total. The molecule has 0 aliphatic carbocycles. The molecule has 1 atom stereocenters. The van der Waals surface area contributed by atoms with E-state index < -0.39 is 23.8 Å². The quantitative estimate of drug-likeness (QED) is 0.861. The maximum Gasteiger partial charge on any atom is 0.416 e. The van der Waals surface area contributed by atoms with Gasteiger partial charge in [-0.05, 0) is 49.5 Å². The van der Waals surface area contributed by atoms with E-state index in [0.29, 0.717) is 32.5 Å². The number of alkyl halides is 3. The standard InChI is InChI=1S/C16H20F3NO3/c1-23-15(22)14(21)12-6-8-20(9-7-12)10-11-2-4-13(5-3-11)16(17,18)19/h2-5,12,14,21H,6-10H2,1H3. The van der Waals surface area contributed by atoms with E-state index >= 15 is 0 Å². The van der Waals surface area contributed by atoms with Crippen molar-refractivity contribution >= 4 is 5.97 Å². The third kappa shape index (κ3) is 4.68. The molecule has 7 heteroatoms. The molecule has 1 aliphatic heterocycles. The molecule has 0 radical (unpaired) electrons. The van der Waals surface area contributed by atoms with E-state index in [1.807, 2.05) is 0 Å². The average Bonchev–Trinajstić information content (AvgIpc) is 2.54. The number of carbonyl (C=O) groups excluding carboxylic acids is 1. The summed E-state index contributed by atoms with van der Waals surface area (Å²) >= 11 is 0. The van der Waals surface area contributed by atoms with Crippen LogP contribution in [0.1, 0.15) is 24.0 Å². The van der Waals surface area contributed by atoms with Gasteiger partial charge in [0.05, 0.1) is 12.7 Å². The van der Waals surface area contributed by atoms with Gasteiger partial charge in [0.25, 0.3) is 0 Å². The van der Waals surface area contributed by atoms with Gasteiger partial charge in [-0.25, -0.2) is 4.79 Å². The Bertz CT molecular complexity index is 522. The van der Waals surface area contributed by atoms with Crippen molar-refractivity contribution in [3.8, 4) is 0 Å². The normalized spacial score (nSPS) is 18.7. The minimum absolute atomic E-state index is 0.133. The number of methoxy groups -OCH3 is 1. The minimum atomic E-state index is -4.32. The van der Waals surface area contributed by atoms with E-state index in [1.165, 1.54) is 19.2 Å². The minimum Gasteiger partial charge on any atom is -0.467 e. The van der Waals surface area contributed by atoms with E-state index in [2.05, 4.69) is 9.64 Å². The Hall–Kier alpha value is -1.60. The summed E-state index contributed by atoms with van der Waals surface area (Å²) in [5.41, 5.74) is 0.158. The van der Waals surface area contributed by atoms with Gasteiger partial charge in [-0.15, -0.1) is 0 Å². The number of esters is 1. The molecule has 23 heavy (non-hydrogen) atoms. The zero-order valence-electron chi connectivity index (χ0n) is 12.8. The largest absolute Gasteiger partial charge is 0.467 e. The maximum atomic E-state index is 12.5. The molecule has 0 saturated carbocycles. The Morgan fingerprint density at radius 1 is 1.30 bits per heavy atom. The van der Waals surface area contributed by atoms with Crippen LogP contribution in [0.5, 0.6) is 0 Å². The second kappa shape index (κ2) is 7.31. The summed E-state index contributed by atoms with van der Waals surface area (Å²) in [6, 6.07) is 5.14. The Balaban J connectivity index is 1.86. The molecule has 1 unspecified atom stereocenters. The fraction of sp³-hybridized carbons (Fsp3) is 0.562. The van der Waals surface area contributed by atoms with Crippen molar-refractivity contribution in [2.24, 2.45) is 5.92 Å². The molecule has 1 aromatic rings. The first-order valence-electron chi connectivity index (χ1n) is 7.45. The van der Waals surface area contributed by atoms with Crippen molar-refractivity contribution in [1.29, 1.82) is 0 Å². The molecule has 1 saturated heterocycles. The maximum absolute atomic E-state index is 12.5. The highest BCUT2D eigenvalue weighted by atomic mass is 19.4. The first-order chi connectivity index (χ1) is 10.8. The van der Waals surface area contributed by atoms with Gasteiger partial charge in [-0.1, -0.05) is 12.1 Å². The number of likely N-dealkylation sites (tertiary alicyclic amines) is 1. The molecular formula is C16H20F3NO3. The van der Waals surface area contributed by atoms with Crippen LogP contribution in [0.15, 0.2) is 24.3 Å². The second-order valence-corrected chi connectivity index (χ2v) is 5.78. The van der Waals surface area contributed by atoms with Crippen molar-refractivity contribution < 1.29 is 27.8 Å². The van der Waals surface area contributed by atoms with Gasteiger partial charge < -0.3 is 9.84 Å². The molecule has 1 aliphatic rings. The van der Waals surface area contributed by atoms with Crippen molar-refractivity contribution in [2.45, 2.75) is 31.7 Å². The molecule has 2 rings (SSSR count). The van der Waals surface area contributed by atoms with Crippen LogP contribution in [-0.4, -0.2) is 42.3 Å². The SMILES string of the molecule is COC(=O)C(O)C1CCN(Cc2ccc(C(F)(F)F)cc2)CC1. The highest BCUT2D eigenvalue weighted by molar-refractivity contribution is 5.74. The summed E-state index contributed by atoms with van der Waals surface area (Å²) in [6.07, 6.45) is -4.12. The predicted octanol–water partition coefficient (Wildman–Crippen LogP) is 2.45. The second-order valence-electron chi connectivity index (χ2n) is 5.78. The van der Waals surface area contributed by atoms with E-state index in [0.717, 1.165) is 17.7 Å². The molecule has 1 N–H and O–H groups in total. The van der Waals surface area contributed by atoms with Crippen LogP contribution in [0.3, 0.4) is 0 Å². The van der Waals surface area contributed by atoms with E-state index in [-0.39, 0.29) is 5.92 Å². The number of aliphatic hydroxyl groups excluding tert-OH is 1. The van der Waals surface area contributed by atoms with Crippen molar-refractivity contribution in [3.05, 3.63) is 35.4 Å². The number of ether oxygens (including phenoxy) is 1. The molecule has 1 fully saturated rings. The van der Waals surface area contributed by atoms with Gasteiger partial charge in [0, 0.05) is 6.54 Å². The highest BCUT2D eigenvalue weighted by Crippen LogP contribution is 2.29. The van der Waals surface area contributed by atoms with E-state index in [9.17, 15) is 23.1 Å². The fourth-order valence-corrected chi connectivity index (χ4v) is 2.80. The third-order valence-electron chi connectivity index (χ3n) is 4.21. The lowest BCUT2D eigenvalue weighted by Gasteiger charge is -2.33. The Kier molecular flexibility index (Phi) is 5.64. The van der Waals surface area contributed by atoms with Crippen LogP contribution in [0.4, 0.5) is 13.2 Å². The molecule has 128 valence electrons. The number of carbonyl (C=O) groups is 1. The first kappa shape index (κ1) is 17.7. The lowest BCUT2D eigenvalue weighted by molar-refractivity contribution is -0.154. The lowest BCUT2D eigenvalue weighted by atomic mass is 9.91. The summed E-state index contributed by atoms with van der Waals surface area (Å²) in [6.45, 7) is 1.92. The molecule has 0 spiro atoms. The van der Waals surface area contributed by atoms with E-state index in [4.69, 9.17) is 0 Å². The summed E-state index contributed by atoms with van der Waals surface area (Å²) in [7, 11) is 1.24. The summed E-state index contributed by atoms with van der Waals surface area (Å²) in [5, 5.41) is 9.83. The zero-order chi connectivity index (χ0) is 17.0. The van der Waals surface area contributed by atoms with Crippen LogP contribution in [0.2, 0.25) is 0 Å². The smallest absolute Gasteiger partial charge is 0.416 e. The van der Waals surface area contributed by atoms with E-state index in [1.54, 1.807) is 0 Å². The van der Waals surface area contributed by atoms with Crippen molar-refractivity contribution in [3.63, 3.8) is 0 Å². The summed E-state index contributed by atoms with van der Waals surface area (Å²) in [5.74, 6) is -0.752. The number of piperidine rings is 1. The van der Waals surface area contributed by atoms with Gasteiger partial charge in [0.2, 0.25) is 0 Å². The fourth-order valence-electron chi connectivity index (χ4n) is 2.80. The third-order valence-corrected chi connectivity index (χ3v) is 4.21. The number of halogens is 3. The number of aliphatic hydroxyl groups is 1. The molecule has 0 aromatic heterocycles. The molecule has 0 bridgehead atoms. The van der Waals surface area contributed by atoms with Crippen LogP contribution in [0, 0.1) is 5.92 Å². The Labute approximate surface area is 132 Å².